The summed E-state index contributed by atoms with van der Waals surface area (Å²) in [5, 5.41) is 11.7. The number of halogens is 2. The smallest absolute Gasteiger partial charge is 0.237 e. The molecule has 8 heteroatoms. The Bertz CT molecular complexity index is 1020. The summed E-state index contributed by atoms with van der Waals surface area (Å²) >= 11 is 4.73. The van der Waals surface area contributed by atoms with Crippen LogP contribution in [-0.2, 0) is 4.79 Å². The molecule has 1 aromatic heterocycles. The van der Waals surface area contributed by atoms with Gasteiger partial charge in [0.15, 0.2) is 11.0 Å². The third-order valence-electron chi connectivity index (χ3n) is 4.43. The van der Waals surface area contributed by atoms with Crippen LogP contribution in [0.25, 0.3) is 11.4 Å². The van der Waals surface area contributed by atoms with Crippen molar-refractivity contribution < 1.29 is 9.18 Å². The molecule has 1 saturated carbocycles. The van der Waals surface area contributed by atoms with E-state index < -0.39 is 0 Å². The van der Waals surface area contributed by atoms with Crippen LogP contribution in [0, 0.1) is 5.82 Å². The first-order valence-electron chi connectivity index (χ1n) is 8.96. The molecule has 1 aliphatic carbocycles. The van der Waals surface area contributed by atoms with E-state index in [1.54, 1.807) is 18.2 Å². The Labute approximate surface area is 174 Å². The van der Waals surface area contributed by atoms with E-state index >= 15 is 0 Å². The molecule has 1 amide bonds. The van der Waals surface area contributed by atoms with E-state index in [-0.39, 0.29) is 23.0 Å². The highest BCUT2D eigenvalue weighted by Crippen LogP contribution is 2.42. The minimum atomic E-state index is -0.380. The Hall–Kier alpha value is -2.19. The van der Waals surface area contributed by atoms with Gasteiger partial charge in [-0.05, 0) is 50.1 Å². The number of carbonyl (C=O) groups excluding carboxylic acids is 1. The summed E-state index contributed by atoms with van der Waals surface area (Å²) in [7, 11) is 0. The van der Waals surface area contributed by atoms with Crippen molar-refractivity contribution in [3.8, 4) is 11.4 Å². The van der Waals surface area contributed by atoms with Crippen LogP contribution in [0.3, 0.4) is 0 Å². The summed E-state index contributed by atoms with van der Waals surface area (Å²) in [5.74, 6) is 0.0670. The van der Waals surface area contributed by atoms with E-state index in [2.05, 4.69) is 31.4 Å². The summed E-state index contributed by atoms with van der Waals surface area (Å²) in [6.07, 6.45) is 2.01. The number of carbonyl (C=O) groups is 1. The molecule has 0 aliphatic heterocycles. The molecule has 1 unspecified atom stereocenters. The lowest BCUT2D eigenvalue weighted by Crippen LogP contribution is -2.23. The molecule has 0 saturated heterocycles. The fraction of sp³-hybridized carbons (Fsp3) is 0.250. The van der Waals surface area contributed by atoms with E-state index in [0.29, 0.717) is 16.5 Å². The van der Waals surface area contributed by atoms with E-state index in [9.17, 15) is 9.18 Å². The third-order valence-corrected chi connectivity index (χ3v) is 5.98. The van der Waals surface area contributed by atoms with Crippen LogP contribution in [0.1, 0.15) is 25.8 Å². The maximum absolute atomic E-state index is 14.3. The monoisotopic (exact) mass is 460 g/mol. The topological polar surface area (TPSA) is 59.8 Å². The summed E-state index contributed by atoms with van der Waals surface area (Å²) < 4.78 is 17.1. The van der Waals surface area contributed by atoms with Crippen LogP contribution in [0.5, 0.6) is 0 Å². The Kier molecular flexibility index (Phi) is 5.50. The highest BCUT2D eigenvalue weighted by atomic mass is 79.9. The fourth-order valence-electron chi connectivity index (χ4n) is 2.87. The summed E-state index contributed by atoms with van der Waals surface area (Å²) in [4.78, 5) is 12.6. The molecule has 1 fully saturated rings. The van der Waals surface area contributed by atoms with Gasteiger partial charge in [-0.1, -0.05) is 45.9 Å². The largest absolute Gasteiger partial charge is 0.325 e. The molecule has 0 bridgehead atoms. The number of aromatic nitrogens is 3. The van der Waals surface area contributed by atoms with Crippen molar-refractivity contribution in [3.05, 3.63) is 58.8 Å². The van der Waals surface area contributed by atoms with E-state index in [1.807, 2.05) is 35.8 Å². The van der Waals surface area contributed by atoms with Gasteiger partial charge in [-0.15, -0.1) is 10.2 Å². The summed E-state index contributed by atoms with van der Waals surface area (Å²) in [6, 6.07) is 14.3. The van der Waals surface area contributed by atoms with Gasteiger partial charge in [0.1, 0.15) is 5.82 Å². The van der Waals surface area contributed by atoms with E-state index in [1.165, 1.54) is 17.8 Å². The molecule has 28 heavy (non-hydrogen) atoms. The molecule has 1 atom stereocenters. The highest BCUT2D eigenvalue weighted by Gasteiger charge is 2.32. The Balaban J connectivity index is 1.55. The average Bonchev–Trinajstić information content (AvgIpc) is 3.43. The number of nitrogens with zero attached hydrogens (tertiary/aromatic N) is 3. The molecule has 1 aliphatic rings. The van der Waals surface area contributed by atoms with Crippen molar-refractivity contribution in [2.75, 3.05) is 5.32 Å². The molecule has 1 N–H and O–H groups in total. The van der Waals surface area contributed by atoms with Gasteiger partial charge in [0.05, 0.1) is 10.8 Å². The van der Waals surface area contributed by atoms with Gasteiger partial charge in [-0.2, -0.15) is 0 Å². The normalized spacial score (nSPS) is 14.7. The van der Waals surface area contributed by atoms with Gasteiger partial charge in [-0.25, -0.2) is 4.39 Å². The first kappa shape index (κ1) is 19.1. The molecule has 0 radical (unpaired) electrons. The van der Waals surface area contributed by atoms with Crippen LogP contribution >= 0.6 is 27.7 Å². The Morgan fingerprint density at radius 2 is 2.04 bits per heavy atom. The quantitative estimate of drug-likeness (QED) is 0.506. The zero-order chi connectivity index (χ0) is 19.7. The second-order valence-corrected chi connectivity index (χ2v) is 8.87. The number of amides is 1. The first-order chi connectivity index (χ1) is 13.5. The van der Waals surface area contributed by atoms with Crippen LogP contribution in [0.2, 0.25) is 0 Å². The molecule has 5 nitrogen and oxygen atoms in total. The van der Waals surface area contributed by atoms with Gasteiger partial charge in [-0.3, -0.25) is 9.36 Å². The number of anilines is 1. The summed E-state index contributed by atoms with van der Waals surface area (Å²) in [6.45, 7) is 1.83. The zero-order valence-corrected chi connectivity index (χ0v) is 17.5. The average molecular weight is 461 g/mol. The second kappa shape index (κ2) is 8.05. The minimum absolute atomic E-state index is 0.124. The number of hydrogen-bond acceptors (Lipinski definition) is 4. The highest BCUT2D eigenvalue weighted by molar-refractivity contribution is 9.10. The van der Waals surface area contributed by atoms with Crippen LogP contribution in [0.15, 0.2) is 58.2 Å². The van der Waals surface area contributed by atoms with E-state index in [4.69, 9.17) is 0 Å². The van der Waals surface area contributed by atoms with Gasteiger partial charge >= 0.3 is 0 Å². The van der Waals surface area contributed by atoms with Gasteiger partial charge in [0, 0.05) is 16.2 Å². The Morgan fingerprint density at radius 3 is 2.75 bits per heavy atom. The maximum atomic E-state index is 14.3. The number of rotatable bonds is 6. The second-order valence-electron chi connectivity index (χ2n) is 6.65. The van der Waals surface area contributed by atoms with Crippen LogP contribution < -0.4 is 5.32 Å². The number of nitrogens with one attached hydrogen (secondary N) is 1. The molecular formula is C20H18BrFN4OS. The molecular weight excluding hydrogens is 443 g/mol. The van der Waals surface area contributed by atoms with Gasteiger partial charge in [0.2, 0.25) is 5.91 Å². The van der Waals surface area contributed by atoms with Crippen molar-refractivity contribution in [2.45, 2.75) is 36.2 Å². The lowest BCUT2D eigenvalue weighted by molar-refractivity contribution is -0.115. The lowest BCUT2D eigenvalue weighted by atomic mass is 10.2. The predicted molar refractivity (Wildman–Crippen MR) is 112 cm³/mol. The lowest BCUT2D eigenvalue weighted by Gasteiger charge is -2.13. The standard InChI is InChI=1S/C20H18BrFN4OS/c1-12(19(27)23-14-6-4-5-13(21)11-14)28-20-25-24-18(26(20)15-9-10-15)16-7-2-3-8-17(16)22/h2-8,11-12,15H,9-10H2,1H3,(H,23,27). The van der Waals surface area contributed by atoms with Crippen molar-refractivity contribution in [3.63, 3.8) is 0 Å². The van der Waals surface area contributed by atoms with Crippen LogP contribution in [-0.4, -0.2) is 25.9 Å². The Morgan fingerprint density at radius 1 is 1.25 bits per heavy atom. The van der Waals surface area contributed by atoms with Gasteiger partial charge < -0.3 is 5.32 Å². The molecule has 3 aromatic rings. The van der Waals surface area contributed by atoms with Crippen molar-refractivity contribution in [1.29, 1.82) is 0 Å². The summed E-state index contributed by atoms with van der Waals surface area (Å²) in [5.41, 5.74) is 1.16. The van der Waals surface area contributed by atoms with Crippen molar-refractivity contribution in [1.82, 2.24) is 14.8 Å². The SMILES string of the molecule is CC(Sc1nnc(-c2ccccc2F)n1C1CC1)C(=O)Nc1cccc(Br)c1. The maximum Gasteiger partial charge on any atom is 0.237 e. The zero-order valence-electron chi connectivity index (χ0n) is 15.1. The van der Waals surface area contributed by atoms with Crippen molar-refractivity contribution in [2.24, 2.45) is 0 Å². The van der Waals surface area contributed by atoms with Crippen LogP contribution in [0.4, 0.5) is 10.1 Å². The number of hydrogen-bond donors (Lipinski definition) is 1. The third kappa shape index (κ3) is 4.12. The molecule has 4 rings (SSSR count). The van der Waals surface area contributed by atoms with Crippen molar-refractivity contribution >= 4 is 39.3 Å². The van der Waals surface area contributed by atoms with E-state index in [0.717, 1.165) is 23.0 Å². The number of thioether (sulfide) groups is 1. The molecule has 2 aromatic carbocycles. The fourth-order valence-corrected chi connectivity index (χ4v) is 4.19. The molecule has 1 heterocycles. The predicted octanol–water partition coefficient (Wildman–Crippen LogP) is 5.30. The molecule has 144 valence electrons. The van der Waals surface area contributed by atoms with Gasteiger partial charge in [0.25, 0.3) is 0 Å². The molecule has 0 spiro atoms. The first-order valence-corrected chi connectivity index (χ1v) is 10.6. The minimum Gasteiger partial charge on any atom is -0.325 e. The number of benzene rings is 2.